The van der Waals surface area contributed by atoms with Crippen molar-refractivity contribution in [2.45, 2.75) is 12.8 Å². The summed E-state index contributed by atoms with van der Waals surface area (Å²) in [5, 5.41) is 0.997. The predicted molar refractivity (Wildman–Crippen MR) is 110 cm³/mol. The first-order valence-electron chi connectivity index (χ1n) is 9.51. The van der Waals surface area contributed by atoms with Crippen molar-refractivity contribution in [2.75, 3.05) is 18.0 Å². The van der Waals surface area contributed by atoms with Gasteiger partial charge in [0.2, 0.25) is 0 Å². The van der Waals surface area contributed by atoms with Gasteiger partial charge in [-0.15, -0.1) is 0 Å². The SMILES string of the molecule is Fc1cccc(-c2ccc3nc(-c4cccnc4)nc(N4CCCC4)c3c2)c1. The van der Waals surface area contributed by atoms with E-state index >= 15 is 0 Å². The van der Waals surface area contributed by atoms with Crippen LogP contribution in [0.15, 0.2) is 67.0 Å². The number of aromatic nitrogens is 3. The number of nitrogens with zero attached hydrogens (tertiary/aromatic N) is 4. The van der Waals surface area contributed by atoms with Crippen LogP contribution in [0, 0.1) is 5.82 Å². The first kappa shape index (κ1) is 16.8. The second-order valence-corrected chi connectivity index (χ2v) is 7.05. The Kier molecular flexibility index (Phi) is 4.20. The highest BCUT2D eigenvalue weighted by Crippen LogP contribution is 2.33. The van der Waals surface area contributed by atoms with Gasteiger partial charge in [-0.05, 0) is 60.4 Å². The fourth-order valence-corrected chi connectivity index (χ4v) is 3.75. The average Bonchev–Trinajstić information content (AvgIpc) is 3.28. The molecule has 0 saturated carbocycles. The third kappa shape index (κ3) is 3.09. The van der Waals surface area contributed by atoms with Crippen LogP contribution in [0.1, 0.15) is 12.8 Å². The number of pyridine rings is 1. The number of fused-ring (bicyclic) bond motifs is 1. The molecule has 3 heterocycles. The lowest BCUT2D eigenvalue weighted by Crippen LogP contribution is -2.20. The normalized spacial score (nSPS) is 14.0. The molecule has 0 spiro atoms. The van der Waals surface area contributed by atoms with Crippen molar-refractivity contribution in [3.8, 4) is 22.5 Å². The van der Waals surface area contributed by atoms with Crippen molar-refractivity contribution in [3.63, 3.8) is 0 Å². The van der Waals surface area contributed by atoms with E-state index in [0.717, 1.165) is 59.3 Å². The maximum atomic E-state index is 13.7. The lowest BCUT2D eigenvalue weighted by molar-refractivity contribution is 0.628. The second-order valence-electron chi connectivity index (χ2n) is 7.05. The Balaban J connectivity index is 1.70. The van der Waals surface area contributed by atoms with E-state index in [9.17, 15) is 4.39 Å². The summed E-state index contributed by atoms with van der Waals surface area (Å²) in [6, 6.07) is 16.6. The molecule has 4 aromatic rings. The number of halogens is 1. The lowest BCUT2D eigenvalue weighted by Gasteiger charge is -2.20. The number of hydrogen-bond acceptors (Lipinski definition) is 4. The summed E-state index contributed by atoms with van der Waals surface area (Å²) < 4.78 is 13.7. The molecule has 0 bridgehead atoms. The van der Waals surface area contributed by atoms with E-state index in [0.29, 0.717) is 5.82 Å². The van der Waals surface area contributed by atoms with E-state index in [-0.39, 0.29) is 5.82 Å². The van der Waals surface area contributed by atoms with Gasteiger partial charge < -0.3 is 4.90 Å². The molecule has 0 atom stereocenters. The van der Waals surface area contributed by atoms with Gasteiger partial charge in [-0.1, -0.05) is 18.2 Å². The fourth-order valence-electron chi connectivity index (χ4n) is 3.75. The predicted octanol–water partition coefficient (Wildman–Crippen LogP) is 5.10. The second kappa shape index (κ2) is 7.00. The van der Waals surface area contributed by atoms with Crippen LogP contribution in [-0.2, 0) is 0 Å². The van der Waals surface area contributed by atoms with Crippen molar-refractivity contribution < 1.29 is 4.39 Å². The molecular weight excluding hydrogens is 351 g/mol. The average molecular weight is 370 g/mol. The number of anilines is 1. The Labute approximate surface area is 162 Å². The van der Waals surface area contributed by atoms with Crippen LogP contribution in [0.2, 0.25) is 0 Å². The maximum Gasteiger partial charge on any atom is 0.163 e. The molecule has 5 rings (SSSR count). The van der Waals surface area contributed by atoms with Crippen LogP contribution in [0.4, 0.5) is 10.2 Å². The van der Waals surface area contributed by atoms with Gasteiger partial charge in [-0.25, -0.2) is 14.4 Å². The number of rotatable bonds is 3. The molecule has 0 aliphatic carbocycles. The smallest absolute Gasteiger partial charge is 0.163 e. The highest BCUT2D eigenvalue weighted by atomic mass is 19.1. The van der Waals surface area contributed by atoms with Crippen LogP contribution < -0.4 is 4.90 Å². The molecule has 1 aliphatic heterocycles. The Morgan fingerprint density at radius 1 is 0.821 bits per heavy atom. The van der Waals surface area contributed by atoms with E-state index in [1.54, 1.807) is 24.5 Å². The van der Waals surface area contributed by atoms with Gasteiger partial charge in [0.15, 0.2) is 5.82 Å². The minimum atomic E-state index is -0.236. The van der Waals surface area contributed by atoms with Crippen LogP contribution in [0.25, 0.3) is 33.4 Å². The topological polar surface area (TPSA) is 41.9 Å². The molecule has 1 aliphatic rings. The van der Waals surface area contributed by atoms with Crippen LogP contribution >= 0.6 is 0 Å². The van der Waals surface area contributed by atoms with Gasteiger partial charge in [0.05, 0.1) is 5.52 Å². The Morgan fingerprint density at radius 3 is 2.43 bits per heavy atom. The highest BCUT2D eigenvalue weighted by molar-refractivity contribution is 5.94. The van der Waals surface area contributed by atoms with Gasteiger partial charge in [0.25, 0.3) is 0 Å². The van der Waals surface area contributed by atoms with E-state index in [1.807, 2.05) is 30.3 Å². The molecule has 0 amide bonds. The van der Waals surface area contributed by atoms with Crippen molar-refractivity contribution >= 4 is 16.7 Å². The third-order valence-corrected chi connectivity index (χ3v) is 5.16. The third-order valence-electron chi connectivity index (χ3n) is 5.16. The summed E-state index contributed by atoms with van der Waals surface area (Å²) in [7, 11) is 0. The van der Waals surface area contributed by atoms with Crippen molar-refractivity contribution in [2.24, 2.45) is 0 Å². The van der Waals surface area contributed by atoms with Gasteiger partial charge in [0.1, 0.15) is 11.6 Å². The highest BCUT2D eigenvalue weighted by Gasteiger charge is 2.19. The first-order valence-corrected chi connectivity index (χ1v) is 9.51. The van der Waals surface area contributed by atoms with Gasteiger partial charge in [0, 0.05) is 36.4 Å². The zero-order valence-corrected chi connectivity index (χ0v) is 15.3. The minimum absolute atomic E-state index is 0.236. The Bertz CT molecular complexity index is 1140. The molecule has 28 heavy (non-hydrogen) atoms. The maximum absolute atomic E-state index is 13.7. The molecule has 138 valence electrons. The van der Waals surface area contributed by atoms with E-state index in [2.05, 4.69) is 16.0 Å². The van der Waals surface area contributed by atoms with Crippen LogP contribution in [-0.4, -0.2) is 28.0 Å². The zero-order valence-electron chi connectivity index (χ0n) is 15.3. The summed E-state index contributed by atoms with van der Waals surface area (Å²) in [4.78, 5) is 16.2. The van der Waals surface area contributed by atoms with Gasteiger partial charge in [-0.2, -0.15) is 0 Å². The van der Waals surface area contributed by atoms with Crippen LogP contribution in [0.5, 0.6) is 0 Å². The summed E-state index contributed by atoms with van der Waals surface area (Å²) in [5.74, 6) is 1.39. The molecule has 1 fully saturated rings. The standard InChI is InChI=1S/C23H19FN4/c24-19-7-3-5-16(13-19)17-8-9-21-20(14-17)23(28-11-1-2-12-28)27-22(26-21)18-6-4-10-25-15-18/h3-10,13-15H,1-2,11-12H2. The molecule has 1 saturated heterocycles. The summed E-state index contributed by atoms with van der Waals surface area (Å²) in [6.07, 6.45) is 5.86. The van der Waals surface area contributed by atoms with Gasteiger partial charge in [-0.3, -0.25) is 4.98 Å². The molecule has 0 unspecified atom stereocenters. The largest absolute Gasteiger partial charge is 0.356 e. The lowest BCUT2D eigenvalue weighted by atomic mass is 10.0. The Morgan fingerprint density at radius 2 is 1.64 bits per heavy atom. The quantitative estimate of drug-likeness (QED) is 0.503. The number of hydrogen-bond donors (Lipinski definition) is 0. The summed E-state index contributed by atoms with van der Waals surface area (Å²) in [5.41, 5.74) is 3.60. The summed E-state index contributed by atoms with van der Waals surface area (Å²) in [6.45, 7) is 1.98. The summed E-state index contributed by atoms with van der Waals surface area (Å²) >= 11 is 0. The van der Waals surface area contributed by atoms with E-state index in [1.165, 1.54) is 6.07 Å². The van der Waals surface area contributed by atoms with Crippen molar-refractivity contribution in [1.82, 2.24) is 15.0 Å². The van der Waals surface area contributed by atoms with Crippen molar-refractivity contribution in [3.05, 3.63) is 72.8 Å². The van der Waals surface area contributed by atoms with Crippen molar-refractivity contribution in [1.29, 1.82) is 0 Å². The molecular formula is C23H19FN4. The first-order chi connectivity index (χ1) is 13.8. The molecule has 4 nitrogen and oxygen atoms in total. The molecule has 0 radical (unpaired) electrons. The fraction of sp³-hybridized carbons (Fsp3) is 0.174. The number of benzene rings is 2. The van der Waals surface area contributed by atoms with Gasteiger partial charge >= 0.3 is 0 Å². The minimum Gasteiger partial charge on any atom is -0.356 e. The Hall–Kier alpha value is -3.34. The molecule has 5 heteroatoms. The molecule has 2 aromatic carbocycles. The van der Waals surface area contributed by atoms with Crippen LogP contribution in [0.3, 0.4) is 0 Å². The molecule has 0 N–H and O–H groups in total. The van der Waals surface area contributed by atoms with E-state index in [4.69, 9.17) is 9.97 Å². The monoisotopic (exact) mass is 370 g/mol. The van der Waals surface area contributed by atoms with E-state index < -0.39 is 0 Å². The molecule has 2 aromatic heterocycles. The zero-order chi connectivity index (χ0) is 18.9.